The van der Waals surface area contributed by atoms with Crippen molar-refractivity contribution in [3.05, 3.63) is 20.8 Å². The Kier molecular flexibility index (Phi) is 3.94. The van der Waals surface area contributed by atoms with Gasteiger partial charge in [-0.25, -0.2) is 4.79 Å². The van der Waals surface area contributed by atoms with E-state index in [-0.39, 0.29) is 17.6 Å². The first-order valence-corrected chi connectivity index (χ1v) is 6.52. The van der Waals surface area contributed by atoms with Crippen molar-refractivity contribution in [2.24, 2.45) is 5.92 Å². The van der Waals surface area contributed by atoms with Gasteiger partial charge in [-0.15, -0.1) is 0 Å². The average molecular weight is 268 g/mol. The van der Waals surface area contributed by atoms with Crippen LogP contribution in [0.4, 0.5) is 11.5 Å². The highest BCUT2D eigenvalue weighted by molar-refractivity contribution is 5.60. The summed E-state index contributed by atoms with van der Waals surface area (Å²) in [5, 5.41) is 3.05. The van der Waals surface area contributed by atoms with Crippen LogP contribution < -0.4 is 22.3 Å². The predicted octanol–water partition coefficient (Wildman–Crippen LogP) is -0.0244. The number of nitrogens with zero attached hydrogens (tertiary/aromatic N) is 1. The second-order valence-electron chi connectivity index (χ2n) is 4.77. The molecule has 19 heavy (non-hydrogen) atoms. The van der Waals surface area contributed by atoms with Crippen molar-refractivity contribution in [3.63, 3.8) is 0 Å². The maximum Gasteiger partial charge on any atom is 0.330 e. The summed E-state index contributed by atoms with van der Waals surface area (Å²) < 4.78 is 6.80. The fourth-order valence-corrected chi connectivity index (χ4v) is 2.35. The van der Waals surface area contributed by atoms with Crippen LogP contribution in [0, 0.1) is 5.92 Å². The lowest BCUT2D eigenvalue weighted by Crippen LogP contribution is -2.34. The van der Waals surface area contributed by atoms with Crippen molar-refractivity contribution in [1.82, 2.24) is 9.55 Å². The van der Waals surface area contributed by atoms with Crippen LogP contribution >= 0.6 is 0 Å². The number of rotatable bonds is 4. The quantitative estimate of drug-likeness (QED) is 0.712. The first kappa shape index (κ1) is 13.7. The minimum Gasteiger partial charge on any atom is -0.383 e. The van der Waals surface area contributed by atoms with E-state index in [0.29, 0.717) is 19.0 Å². The van der Waals surface area contributed by atoms with Crippen LogP contribution in [0.25, 0.3) is 0 Å². The Balaban J connectivity index is 2.20. The molecular formula is C12H20N4O3. The molecule has 1 aliphatic rings. The summed E-state index contributed by atoms with van der Waals surface area (Å²) in [6.45, 7) is 5.58. The monoisotopic (exact) mass is 268 g/mol. The summed E-state index contributed by atoms with van der Waals surface area (Å²) in [5.74, 6) is 0.531. The van der Waals surface area contributed by atoms with E-state index >= 15 is 0 Å². The number of aromatic amines is 1. The van der Waals surface area contributed by atoms with E-state index in [4.69, 9.17) is 10.5 Å². The molecule has 0 bridgehead atoms. The largest absolute Gasteiger partial charge is 0.383 e. The van der Waals surface area contributed by atoms with E-state index in [9.17, 15) is 9.59 Å². The van der Waals surface area contributed by atoms with Gasteiger partial charge < -0.3 is 15.8 Å². The van der Waals surface area contributed by atoms with Gasteiger partial charge in [-0.3, -0.25) is 14.3 Å². The van der Waals surface area contributed by atoms with Crippen LogP contribution in [0.15, 0.2) is 9.59 Å². The molecule has 0 radical (unpaired) electrons. The zero-order valence-corrected chi connectivity index (χ0v) is 11.2. The van der Waals surface area contributed by atoms with Gasteiger partial charge in [-0.2, -0.15) is 0 Å². The molecular weight excluding hydrogens is 248 g/mol. The number of hydrogen-bond donors (Lipinski definition) is 3. The molecule has 7 heteroatoms. The van der Waals surface area contributed by atoms with E-state index in [1.807, 2.05) is 6.92 Å². The number of aromatic nitrogens is 2. The molecule has 4 N–H and O–H groups in total. The van der Waals surface area contributed by atoms with Gasteiger partial charge in [0.1, 0.15) is 11.5 Å². The minimum atomic E-state index is -0.479. The normalized spacial score (nSPS) is 22.6. The summed E-state index contributed by atoms with van der Waals surface area (Å²) in [6.07, 6.45) is 1.13. The lowest BCUT2D eigenvalue weighted by atomic mass is 10.0. The third-order valence-corrected chi connectivity index (χ3v) is 3.63. The first-order valence-electron chi connectivity index (χ1n) is 6.52. The molecule has 0 aliphatic carbocycles. The maximum atomic E-state index is 11.8. The molecule has 2 unspecified atom stereocenters. The van der Waals surface area contributed by atoms with Crippen LogP contribution in [0.5, 0.6) is 0 Å². The Morgan fingerprint density at radius 3 is 2.84 bits per heavy atom. The van der Waals surface area contributed by atoms with Gasteiger partial charge in [0.05, 0.1) is 6.10 Å². The number of nitrogen functional groups attached to an aromatic ring is 1. The van der Waals surface area contributed by atoms with Gasteiger partial charge in [0.15, 0.2) is 0 Å². The molecule has 0 spiro atoms. The van der Waals surface area contributed by atoms with E-state index in [1.54, 1.807) is 6.92 Å². The Hall–Kier alpha value is -1.76. The van der Waals surface area contributed by atoms with Crippen LogP contribution in [-0.2, 0) is 11.3 Å². The van der Waals surface area contributed by atoms with Crippen molar-refractivity contribution in [1.29, 1.82) is 0 Å². The number of H-pyrrole nitrogens is 1. The molecule has 0 saturated carbocycles. The minimum absolute atomic E-state index is 0.171. The number of nitrogens with one attached hydrogen (secondary N) is 2. The summed E-state index contributed by atoms with van der Waals surface area (Å²) in [5.41, 5.74) is 5.18. The summed E-state index contributed by atoms with van der Waals surface area (Å²) in [6, 6.07) is 0. The molecule has 0 aromatic carbocycles. The SMILES string of the molecule is CCn1c(N)c(NCC2CCOC2C)c(=O)[nH]c1=O. The van der Waals surface area contributed by atoms with Crippen molar-refractivity contribution in [2.45, 2.75) is 32.9 Å². The van der Waals surface area contributed by atoms with Gasteiger partial charge >= 0.3 is 5.69 Å². The molecule has 1 aliphatic heterocycles. The van der Waals surface area contributed by atoms with Crippen molar-refractivity contribution < 1.29 is 4.74 Å². The lowest BCUT2D eigenvalue weighted by Gasteiger charge is -2.17. The molecule has 1 saturated heterocycles. The topological polar surface area (TPSA) is 102 Å². The van der Waals surface area contributed by atoms with Crippen LogP contribution in [0.1, 0.15) is 20.3 Å². The lowest BCUT2D eigenvalue weighted by molar-refractivity contribution is 0.108. The number of ether oxygens (including phenoxy) is 1. The highest BCUT2D eigenvalue weighted by atomic mass is 16.5. The second kappa shape index (κ2) is 5.48. The fourth-order valence-electron chi connectivity index (χ4n) is 2.35. The number of nitrogens with two attached hydrogens (primary N) is 1. The Labute approximate surface area is 110 Å². The van der Waals surface area contributed by atoms with Gasteiger partial charge in [0.2, 0.25) is 0 Å². The van der Waals surface area contributed by atoms with Crippen molar-refractivity contribution in [3.8, 4) is 0 Å². The van der Waals surface area contributed by atoms with E-state index in [1.165, 1.54) is 4.57 Å². The van der Waals surface area contributed by atoms with Gasteiger partial charge in [0.25, 0.3) is 5.56 Å². The van der Waals surface area contributed by atoms with E-state index < -0.39 is 11.2 Å². The van der Waals surface area contributed by atoms with Gasteiger partial charge in [-0.05, 0) is 20.3 Å². The molecule has 1 aromatic rings. The van der Waals surface area contributed by atoms with E-state index in [2.05, 4.69) is 10.3 Å². The summed E-state index contributed by atoms with van der Waals surface area (Å²) in [4.78, 5) is 25.6. The third-order valence-electron chi connectivity index (χ3n) is 3.63. The summed E-state index contributed by atoms with van der Waals surface area (Å²) >= 11 is 0. The Bertz CT molecular complexity index is 563. The number of hydrogen-bond acceptors (Lipinski definition) is 5. The average Bonchev–Trinajstić information content (AvgIpc) is 2.75. The number of anilines is 2. The third kappa shape index (κ3) is 2.65. The molecule has 2 heterocycles. The molecule has 1 fully saturated rings. The highest BCUT2D eigenvalue weighted by Gasteiger charge is 2.24. The Morgan fingerprint density at radius 2 is 2.26 bits per heavy atom. The highest BCUT2D eigenvalue weighted by Crippen LogP contribution is 2.21. The molecule has 2 atom stereocenters. The summed E-state index contributed by atoms with van der Waals surface area (Å²) in [7, 11) is 0. The van der Waals surface area contributed by atoms with Crippen LogP contribution in [0.2, 0.25) is 0 Å². The zero-order valence-electron chi connectivity index (χ0n) is 11.2. The standard InChI is InChI=1S/C12H20N4O3/c1-3-16-10(13)9(11(17)15-12(16)18)14-6-8-4-5-19-7(8)2/h7-8,14H,3-6,13H2,1-2H3,(H,15,17,18). The molecule has 0 amide bonds. The van der Waals surface area contributed by atoms with Gasteiger partial charge in [-0.1, -0.05) is 0 Å². The maximum absolute atomic E-state index is 11.8. The fraction of sp³-hybridized carbons (Fsp3) is 0.667. The zero-order chi connectivity index (χ0) is 14.0. The molecule has 7 nitrogen and oxygen atoms in total. The molecule has 2 rings (SSSR count). The molecule has 106 valence electrons. The molecule has 1 aromatic heterocycles. The van der Waals surface area contributed by atoms with Crippen molar-refractivity contribution in [2.75, 3.05) is 24.2 Å². The van der Waals surface area contributed by atoms with Crippen molar-refractivity contribution >= 4 is 11.5 Å². The van der Waals surface area contributed by atoms with Gasteiger partial charge in [0, 0.05) is 25.6 Å². The van der Waals surface area contributed by atoms with Crippen LogP contribution in [0.3, 0.4) is 0 Å². The Morgan fingerprint density at radius 1 is 1.53 bits per heavy atom. The second-order valence-corrected chi connectivity index (χ2v) is 4.77. The predicted molar refractivity (Wildman–Crippen MR) is 73.4 cm³/mol. The smallest absolute Gasteiger partial charge is 0.330 e. The first-order chi connectivity index (χ1) is 9.04. The van der Waals surface area contributed by atoms with E-state index in [0.717, 1.165) is 13.0 Å². The van der Waals surface area contributed by atoms with Crippen LogP contribution in [-0.4, -0.2) is 28.8 Å².